The Morgan fingerprint density at radius 2 is 2.00 bits per heavy atom. The predicted molar refractivity (Wildman–Crippen MR) is 95.3 cm³/mol. The van der Waals surface area contributed by atoms with Crippen LogP contribution in [0.4, 0.5) is 0 Å². The zero-order chi connectivity index (χ0) is 16.8. The molecule has 0 bridgehead atoms. The maximum Gasteiger partial charge on any atom is 0.161 e. The van der Waals surface area contributed by atoms with Gasteiger partial charge in [0.1, 0.15) is 5.52 Å². The highest BCUT2D eigenvalue weighted by Gasteiger charge is 2.06. The maximum absolute atomic E-state index is 5.86. The Morgan fingerprint density at radius 3 is 2.83 bits per heavy atom. The van der Waals surface area contributed by atoms with Crippen molar-refractivity contribution in [3.8, 4) is 11.5 Å². The molecule has 0 fully saturated rings. The standard InChI is InChI=1S/C19H21N3O2/c1-3-7-15-10-11-18(19(14-15)23-2)24-13-6-12-22-17-9-5-4-8-16(17)20-21-22/h3-5,7-11,14H,6,12-13H2,1-2H3. The number of aryl methyl sites for hydroxylation is 1. The summed E-state index contributed by atoms with van der Waals surface area (Å²) in [4.78, 5) is 0. The summed E-state index contributed by atoms with van der Waals surface area (Å²) in [6, 6.07) is 13.9. The summed E-state index contributed by atoms with van der Waals surface area (Å²) in [5.74, 6) is 1.51. The van der Waals surface area contributed by atoms with Crippen molar-refractivity contribution in [1.29, 1.82) is 0 Å². The van der Waals surface area contributed by atoms with Crippen LogP contribution >= 0.6 is 0 Å². The van der Waals surface area contributed by atoms with Crippen LogP contribution in [0.25, 0.3) is 17.1 Å². The lowest BCUT2D eigenvalue weighted by Crippen LogP contribution is -2.06. The monoisotopic (exact) mass is 323 g/mol. The number of allylic oxidation sites excluding steroid dienone is 1. The molecule has 3 rings (SSSR count). The van der Waals surface area contributed by atoms with Gasteiger partial charge in [0, 0.05) is 13.0 Å². The molecule has 0 aliphatic carbocycles. The Morgan fingerprint density at radius 1 is 1.12 bits per heavy atom. The van der Waals surface area contributed by atoms with Gasteiger partial charge in [-0.2, -0.15) is 0 Å². The lowest BCUT2D eigenvalue weighted by atomic mass is 10.2. The number of ether oxygens (including phenoxy) is 2. The zero-order valence-corrected chi connectivity index (χ0v) is 14.0. The van der Waals surface area contributed by atoms with Gasteiger partial charge < -0.3 is 9.47 Å². The van der Waals surface area contributed by atoms with Crippen molar-refractivity contribution >= 4 is 17.1 Å². The highest BCUT2D eigenvalue weighted by Crippen LogP contribution is 2.28. The van der Waals surface area contributed by atoms with E-state index in [-0.39, 0.29) is 0 Å². The van der Waals surface area contributed by atoms with E-state index in [2.05, 4.69) is 10.3 Å². The van der Waals surface area contributed by atoms with Gasteiger partial charge in [-0.1, -0.05) is 35.6 Å². The van der Waals surface area contributed by atoms with Crippen molar-refractivity contribution < 1.29 is 9.47 Å². The molecule has 2 aromatic carbocycles. The molecule has 0 saturated heterocycles. The van der Waals surface area contributed by atoms with Crippen molar-refractivity contribution in [3.63, 3.8) is 0 Å². The molecule has 0 aliphatic heterocycles. The lowest BCUT2D eigenvalue weighted by Gasteiger charge is -2.11. The number of rotatable bonds is 7. The van der Waals surface area contributed by atoms with Gasteiger partial charge in [-0.3, -0.25) is 0 Å². The predicted octanol–water partition coefficient (Wildman–Crippen LogP) is 3.94. The molecule has 124 valence electrons. The minimum absolute atomic E-state index is 0.591. The van der Waals surface area contributed by atoms with Crippen molar-refractivity contribution in [3.05, 3.63) is 54.1 Å². The first-order valence-corrected chi connectivity index (χ1v) is 8.03. The van der Waals surface area contributed by atoms with E-state index < -0.39 is 0 Å². The van der Waals surface area contributed by atoms with Crippen molar-refractivity contribution in [2.75, 3.05) is 13.7 Å². The average Bonchev–Trinajstić information content (AvgIpc) is 3.03. The number of aromatic nitrogens is 3. The highest BCUT2D eigenvalue weighted by atomic mass is 16.5. The van der Waals surface area contributed by atoms with Crippen LogP contribution in [-0.2, 0) is 6.54 Å². The molecule has 5 heteroatoms. The second-order valence-corrected chi connectivity index (χ2v) is 5.41. The normalized spacial score (nSPS) is 11.2. The summed E-state index contributed by atoms with van der Waals surface area (Å²) in [6.07, 6.45) is 4.87. The number of nitrogens with zero attached hydrogens (tertiary/aromatic N) is 3. The fourth-order valence-electron chi connectivity index (χ4n) is 2.58. The Balaban J connectivity index is 1.58. The number of para-hydroxylation sites is 1. The first kappa shape index (κ1) is 16.1. The van der Waals surface area contributed by atoms with Crippen molar-refractivity contribution in [2.24, 2.45) is 0 Å². The molecule has 0 unspecified atom stereocenters. The Labute approximate surface area is 141 Å². The van der Waals surface area contributed by atoms with Gasteiger partial charge in [-0.15, -0.1) is 5.10 Å². The third-order valence-electron chi connectivity index (χ3n) is 3.74. The van der Waals surface area contributed by atoms with E-state index in [1.54, 1.807) is 7.11 Å². The van der Waals surface area contributed by atoms with Crippen LogP contribution in [0.2, 0.25) is 0 Å². The molecule has 0 aliphatic rings. The van der Waals surface area contributed by atoms with E-state index in [0.29, 0.717) is 6.61 Å². The van der Waals surface area contributed by atoms with Gasteiger partial charge in [0.2, 0.25) is 0 Å². The van der Waals surface area contributed by atoms with Gasteiger partial charge in [-0.25, -0.2) is 4.68 Å². The van der Waals surface area contributed by atoms with Gasteiger partial charge in [-0.05, 0) is 36.8 Å². The molecule has 0 atom stereocenters. The second kappa shape index (κ2) is 7.64. The number of methoxy groups -OCH3 is 1. The topological polar surface area (TPSA) is 49.2 Å². The summed E-state index contributed by atoms with van der Waals surface area (Å²) in [5, 5.41) is 8.34. The van der Waals surface area contributed by atoms with Crippen LogP contribution in [0.3, 0.4) is 0 Å². The van der Waals surface area contributed by atoms with Crippen LogP contribution in [0.5, 0.6) is 11.5 Å². The molecule has 0 radical (unpaired) electrons. The minimum Gasteiger partial charge on any atom is -0.493 e. The van der Waals surface area contributed by atoms with E-state index in [0.717, 1.165) is 41.1 Å². The summed E-state index contributed by atoms with van der Waals surface area (Å²) in [5.41, 5.74) is 3.06. The van der Waals surface area contributed by atoms with E-state index in [1.807, 2.05) is 66.2 Å². The van der Waals surface area contributed by atoms with Gasteiger partial charge in [0.05, 0.1) is 19.2 Å². The van der Waals surface area contributed by atoms with Gasteiger partial charge in [0.15, 0.2) is 11.5 Å². The van der Waals surface area contributed by atoms with Crippen LogP contribution in [0, 0.1) is 0 Å². The molecule has 0 saturated carbocycles. The van der Waals surface area contributed by atoms with Crippen LogP contribution in [0.1, 0.15) is 18.9 Å². The minimum atomic E-state index is 0.591. The van der Waals surface area contributed by atoms with Gasteiger partial charge in [0.25, 0.3) is 0 Å². The number of fused-ring (bicyclic) bond motifs is 1. The van der Waals surface area contributed by atoms with Crippen molar-refractivity contribution in [1.82, 2.24) is 15.0 Å². The molecule has 24 heavy (non-hydrogen) atoms. The number of hydrogen-bond acceptors (Lipinski definition) is 4. The Kier molecular flexibility index (Phi) is 5.11. The molecular weight excluding hydrogens is 302 g/mol. The SMILES string of the molecule is CC=Cc1ccc(OCCCn2nnc3ccccc32)c(OC)c1. The van der Waals surface area contributed by atoms with Crippen LogP contribution < -0.4 is 9.47 Å². The lowest BCUT2D eigenvalue weighted by molar-refractivity contribution is 0.280. The summed E-state index contributed by atoms with van der Waals surface area (Å²) < 4.78 is 13.2. The molecular formula is C19H21N3O2. The molecule has 0 N–H and O–H groups in total. The van der Waals surface area contributed by atoms with Gasteiger partial charge >= 0.3 is 0 Å². The average molecular weight is 323 g/mol. The smallest absolute Gasteiger partial charge is 0.161 e. The maximum atomic E-state index is 5.86. The van der Waals surface area contributed by atoms with E-state index in [1.165, 1.54) is 0 Å². The van der Waals surface area contributed by atoms with Crippen molar-refractivity contribution in [2.45, 2.75) is 19.9 Å². The molecule has 3 aromatic rings. The first-order valence-electron chi connectivity index (χ1n) is 8.03. The fourth-order valence-corrected chi connectivity index (χ4v) is 2.58. The molecule has 1 aromatic heterocycles. The summed E-state index contributed by atoms with van der Waals surface area (Å²) >= 11 is 0. The Hall–Kier alpha value is -2.82. The van der Waals surface area contributed by atoms with E-state index in [4.69, 9.17) is 9.47 Å². The Bertz CT molecular complexity index is 839. The fraction of sp³-hybridized carbons (Fsp3) is 0.263. The molecule has 5 nitrogen and oxygen atoms in total. The second-order valence-electron chi connectivity index (χ2n) is 5.41. The third-order valence-corrected chi connectivity index (χ3v) is 3.74. The van der Waals surface area contributed by atoms with Crippen LogP contribution in [-0.4, -0.2) is 28.7 Å². The zero-order valence-electron chi connectivity index (χ0n) is 14.0. The summed E-state index contributed by atoms with van der Waals surface area (Å²) in [6.45, 7) is 3.34. The summed E-state index contributed by atoms with van der Waals surface area (Å²) in [7, 11) is 1.66. The van der Waals surface area contributed by atoms with Crippen LogP contribution in [0.15, 0.2) is 48.5 Å². The quantitative estimate of drug-likeness (QED) is 0.618. The van der Waals surface area contributed by atoms with E-state index >= 15 is 0 Å². The third kappa shape index (κ3) is 3.56. The first-order chi connectivity index (χ1) is 11.8. The number of hydrogen-bond donors (Lipinski definition) is 0. The highest BCUT2D eigenvalue weighted by molar-refractivity contribution is 5.73. The molecule has 0 spiro atoms. The molecule has 0 amide bonds. The number of benzene rings is 2. The largest absolute Gasteiger partial charge is 0.493 e. The molecule has 1 heterocycles. The van der Waals surface area contributed by atoms with E-state index in [9.17, 15) is 0 Å².